The highest BCUT2D eigenvalue weighted by Crippen LogP contribution is 2.39. The van der Waals surface area contributed by atoms with Gasteiger partial charge in [0, 0.05) is 12.1 Å². The second-order valence-corrected chi connectivity index (χ2v) is 5.26. The van der Waals surface area contributed by atoms with Crippen molar-refractivity contribution in [2.75, 3.05) is 20.8 Å². The quantitative estimate of drug-likeness (QED) is 0.639. The van der Waals surface area contributed by atoms with Gasteiger partial charge >= 0.3 is 0 Å². The minimum absolute atomic E-state index is 0.0668. The number of nitrogens with zero attached hydrogens (tertiary/aromatic N) is 1. The summed E-state index contributed by atoms with van der Waals surface area (Å²) in [6.07, 6.45) is 0.526. The maximum atomic E-state index is 10.8. The van der Waals surface area contributed by atoms with E-state index in [1.807, 2.05) is 12.1 Å². The molecule has 120 valence electrons. The number of hydrogen-bond acceptors (Lipinski definition) is 5. The molecule has 0 fully saturated rings. The van der Waals surface area contributed by atoms with Crippen LogP contribution >= 0.6 is 0 Å². The zero-order chi connectivity index (χ0) is 16.4. The fourth-order valence-corrected chi connectivity index (χ4v) is 2.82. The molecule has 23 heavy (non-hydrogen) atoms. The molecule has 3 rings (SSSR count). The highest BCUT2D eigenvalue weighted by molar-refractivity contribution is 5.51. The average Bonchev–Trinajstić information content (AvgIpc) is 2.60. The van der Waals surface area contributed by atoms with Gasteiger partial charge in [0.1, 0.15) is 6.10 Å². The van der Waals surface area contributed by atoms with E-state index in [0.29, 0.717) is 18.1 Å². The van der Waals surface area contributed by atoms with Gasteiger partial charge in [0.05, 0.1) is 25.7 Å². The molecule has 0 saturated carbocycles. The highest BCUT2D eigenvalue weighted by atomic mass is 16.6. The Morgan fingerprint density at radius 1 is 1.13 bits per heavy atom. The normalized spacial score (nSPS) is 16.5. The highest BCUT2D eigenvalue weighted by Gasteiger charge is 2.25. The van der Waals surface area contributed by atoms with Crippen molar-refractivity contribution in [2.45, 2.75) is 12.5 Å². The molecule has 0 bridgehead atoms. The van der Waals surface area contributed by atoms with E-state index in [9.17, 15) is 10.1 Å². The molecule has 6 nitrogen and oxygen atoms in total. The van der Waals surface area contributed by atoms with Crippen LogP contribution in [0.1, 0.15) is 22.8 Å². The SMILES string of the molecule is COc1cc2c(cc1OC)[C@H](c1ccc([N+](=O)[O-])cc1)OCC2. The van der Waals surface area contributed by atoms with Gasteiger partial charge in [-0.15, -0.1) is 0 Å². The Balaban J connectivity index is 2.02. The second kappa shape index (κ2) is 6.26. The van der Waals surface area contributed by atoms with Crippen molar-refractivity contribution >= 4 is 5.69 Å². The number of methoxy groups -OCH3 is 2. The Labute approximate surface area is 133 Å². The smallest absolute Gasteiger partial charge is 0.269 e. The molecule has 0 amide bonds. The molecule has 0 radical (unpaired) electrons. The molecule has 0 unspecified atom stereocenters. The largest absolute Gasteiger partial charge is 0.493 e. The van der Waals surface area contributed by atoms with E-state index in [4.69, 9.17) is 14.2 Å². The lowest BCUT2D eigenvalue weighted by Gasteiger charge is -2.27. The predicted molar refractivity (Wildman–Crippen MR) is 84.1 cm³/mol. The molecule has 2 aromatic carbocycles. The summed E-state index contributed by atoms with van der Waals surface area (Å²) in [6.45, 7) is 0.587. The van der Waals surface area contributed by atoms with Crippen LogP contribution in [0.3, 0.4) is 0 Å². The van der Waals surface area contributed by atoms with Crippen molar-refractivity contribution in [1.82, 2.24) is 0 Å². The Hall–Kier alpha value is -2.60. The number of benzene rings is 2. The summed E-state index contributed by atoms with van der Waals surface area (Å²) in [7, 11) is 3.20. The molecule has 6 heteroatoms. The number of ether oxygens (including phenoxy) is 3. The van der Waals surface area contributed by atoms with Gasteiger partial charge in [0.2, 0.25) is 0 Å². The molecule has 2 aromatic rings. The molecular weight excluding hydrogens is 298 g/mol. The summed E-state index contributed by atoms with van der Waals surface area (Å²) >= 11 is 0. The predicted octanol–water partition coefficient (Wildman–Crippen LogP) is 3.27. The van der Waals surface area contributed by atoms with Gasteiger partial charge in [0.15, 0.2) is 11.5 Å². The third-order valence-electron chi connectivity index (χ3n) is 3.99. The van der Waals surface area contributed by atoms with Gasteiger partial charge in [-0.05, 0) is 47.4 Å². The maximum Gasteiger partial charge on any atom is 0.269 e. The first-order valence-electron chi connectivity index (χ1n) is 7.24. The number of nitro groups is 1. The Morgan fingerprint density at radius 2 is 1.78 bits per heavy atom. The topological polar surface area (TPSA) is 70.8 Å². The van der Waals surface area contributed by atoms with Crippen LogP contribution in [-0.2, 0) is 11.2 Å². The third-order valence-corrected chi connectivity index (χ3v) is 3.99. The van der Waals surface area contributed by atoms with Gasteiger partial charge in [-0.3, -0.25) is 10.1 Å². The summed E-state index contributed by atoms with van der Waals surface area (Å²) in [4.78, 5) is 10.4. The lowest BCUT2D eigenvalue weighted by atomic mass is 9.92. The van der Waals surface area contributed by atoms with E-state index in [-0.39, 0.29) is 11.8 Å². The standard InChI is InChI=1S/C17H17NO5/c1-21-15-9-12-7-8-23-17(14(12)10-16(15)22-2)11-3-5-13(6-4-11)18(19)20/h3-6,9-10,17H,7-8H2,1-2H3/t17-/m0/s1. The number of nitro benzene ring substituents is 1. The molecule has 1 heterocycles. The summed E-state index contributed by atoms with van der Waals surface area (Å²) in [5.74, 6) is 1.33. The van der Waals surface area contributed by atoms with Crippen molar-refractivity contribution in [2.24, 2.45) is 0 Å². The van der Waals surface area contributed by atoms with Crippen molar-refractivity contribution < 1.29 is 19.1 Å². The minimum Gasteiger partial charge on any atom is -0.493 e. The molecule has 0 N–H and O–H groups in total. The zero-order valence-electron chi connectivity index (χ0n) is 12.9. The van der Waals surface area contributed by atoms with Gasteiger partial charge in [-0.2, -0.15) is 0 Å². The number of non-ortho nitro benzene ring substituents is 1. The first kappa shape index (κ1) is 15.3. The number of hydrogen-bond donors (Lipinski definition) is 0. The molecule has 0 aromatic heterocycles. The molecule has 0 aliphatic carbocycles. The van der Waals surface area contributed by atoms with Crippen molar-refractivity contribution in [3.63, 3.8) is 0 Å². The second-order valence-electron chi connectivity index (χ2n) is 5.26. The fourth-order valence-electron chi connectivity index (χ4n) is 2.82. The Bertz CT molecular complexity index is 727. The fraction of sp³-hybridized carbons (Fsp3) is 0.294. The van der Waals surface area contributed by atoms with E-state index in [0.717, 1.165) is 23.1 Å². The van der Waals surface area contributed by atoms with Gasteiger partial charge in [0.25, 0.3) is 5.69 Å². The van der Waals surface area contributed by atoms with Crippen LogP contribution in [0.5, 0.6) is 11.5 Å². The Kier molecular flexibility index (Phi) is 4.16. The van der Waals surface area contributed by atoms with Crippen LogP contribution in [0.15, 0.2) is 36.4 Å². The zero-order valence-corrected chi connectivity index (χ0v) is 12.9. The van der Waals surface area contributed by atoms with Gasteiger partial charge < -0.3 is 14.2 Å². The van der Waals surface area contributed by atoms with Crippen LogP contribution in [0.2, 0.25) is 0 Å². The lowest BCUT2D eigenvalue weighted by Crippen LogP contribution is -2.17. The number of fused-ring (bicyclic) bond motifs is 1. The van der Waals surface area contributed by atoms with Crippen molar-refractivity contribution in [3.8, 4) is 11.5 Å². The first-order chi connectivity index (χ1) is 11.1. The average molecular weight is 315 g/mol. The molecular formula is C17H17NO5. The lowest BCUT2D eigenvalue weighted by molar-refractivity contribution is -0.384. The van der Waals surface area contributed by atoms with E-state index in [1.165, 1.54) is 12.1 Å². The van der Waals surface area contributed by atoms with E-state index in [2.05, 4.69) is 0 Å². The first-order valence-corrected chi connectivity index (χ1v) is 7.24. The van der Waals surface area contributed by atoms with E-state index in [1.54, 1.807) is 26.4 Å². The van der Waals surface area contributed by atoms with Crippen LogP contribution in [0, 0.1) is 10.1 Å². The van der Waals surface area contributed by atoms with E-state index >= 15 is 0 Å². The summed E-state index contributed by atoms with van der Waals surface area (Å²) in [5.41, 5.74) is 3.08. The van der Waals surface area contributed by atoms with Crippen LogP contribution < -0.4 is 9.47 Å². The van der Waals surface area contributed by atoms with Crippen LogP contribution in [-0.4, -0.2) is 25.7 Å². The van der Waals surface area contributed by atoms with Crippen LogP contribution in [0.4, 0.5) is 5.69 Å². The molecule has 1 atom stereocenters. The maximum absolute atomic E-state index is 10.8. The molecule has 1 aliphatic heterocycles. The molecule has 0 saturated heterocycles. The Morgan fingerprint density at radius 3 is 2.39 bits per heavy atom. The van der Waals surface area contributed by atoms with Gasteiger partial charge in [-0.1, -0.05) is 0 Å². The third kappa shape index (κ3) is 2.85. The van der Waals surface area contributed by atoms with Crippen molar-refractivity contribution in [3.05, 3.63) is 63.2 Å². The summed E-state index contributed by atoms with van der Waals surface area (Å²) < 4.78 is 16.6. The van der Waals surface area contributed by atoms with E-state index < -0.39 is 4.92 Å². The molecule has 0 spiro atoms. The molecule has 1 aliphatic rings. The summed E-state index contributed by atoms with van der Waals surface area (Å²) in [6, 6.07) is 10.3. The van der Waals surface area contributed by atoms with Gasteiger partial charge in [-0.25, -0.2) is 0 Å². The summed E-state index contributed by atoms with van der Waals surface area (Å²) in [5, 5.41) is 10.8. The van der Waals surface area contributed by atoms with Crippen LogP contribution in [0.25, 0.3) is 0 Å². The number of rotatable bonds is 4. The monoisotopic (exact) mass is 315 g/mol. The van der Waals surface area contributed by atoms with Crippen molar-refractivity contribution in [1.29, 1.82) is 0 Å². The minimum atomic E-state index is -0.409.